The molecule has 15 heavy (non-hydrogen) atoms. The fourth-order valence-corrected chi connectivity index (χ4v) is 1.50. The summed E-state index contributed by atoms with van der Waals surface area (Å²) in [7, 11) is 0. The highest BCUT2D eigenvalue weighted by atomic mass is 16.2. The molecule has 88 valence electrons. The van der Waals surface area contributed by atoms with Gasteiger partial charge in [-0.25, -0.2) is 5.01 Å². The Morgan fingerprint density at radius 1 is 1.47 bits per heavy atom. The zero-order valence-corrected chi connectivity index (χ0v) is 9.91. The Balaban J connectivity index is 4.41. The van der Waals surface area contributed by atoms with E-state index in [9.17, 15) is 4.79 Å². The van der Waals surface area contributed by atoms with E-state index in [0.717, 1.165) is 13.0 Å². The Hall–Kier alpha value is -0.870. The monoisotopic (exact) mass is 213 g/mol. The summed E-state index contributed by atoms with van der Waals surface area (Å²) >= 11 is 0. The second-order valence-corrected chi connectivity index (χ2v) is 3.35. The maximum Gasteiger partial charge on any atom is 0.238 e. The van der Waals surface area contributed by atoms with E-state index in [4.69, 9.17) is 5.73 Å². The van der Waals surface area contributed by atoms with E-state index in [1.165, 1.54) is 0 Å². The number of hydrogen-bond acceptors (Lipinski definition) is 3. The zero-order valence-electron chi connectivity index (χ0n) is 9.91. The van der Waals surface area contributed by atoms with Crippen LogP contribution in [0.2, 0.25) is 0 Å². The van der Waals surface area contributed by atoms with Crippen molar-refractivity contribution in [3.8, 4) is 0 Å². The van der Waals surface area contributed by atoms with Gasteiger partial charge in [-0.15, -0.1) is 6.58 Å². The van der Waals surface area contributed by atoms with Gasteiger partial charge in [0, 0.05) is 32.6 Å². The highest BCUT2D eigenvalue weighted by Gasteiger charge is 2.16. The standard InChI is InChI=1S/C11H23N3O/c1-4-9-13(10-5-2)14(6-3)11(15)7-8-12/h4H,1,5-10,12H2,2-3H3. The molecule has 0 radical (unpaired) electrons. The van der Waals surface area contributed by atoms with E-state index in [2.05, 4.69) is 13.5 Å². The Morgan fingerprint density at radius 2 is 2.13 bits per heavy atom. The molecule has 0 saturated heterocycles. The largest absolute Gasteiger partial charge is 0.330 e. The summed E-state index contributed by atoms with van der Waals surface area (Å²) in [5, 5.41) is 3.78. The van der Waals surface area contributed by atoms with Gasteiger partial charge in [0.05, 0.1) is 0 Å². The van der Waals surface area contributed by atoms with Gasteiger partial charge in [0.15, 0.2) is 0 Å². The first-order chi connectivity index (χ1) is 7.21. The van der Waals surface area contributed by atoms with E-state index in [1.807, 2.05) is 18.0 Å². The van der Waals surface area contributed by atoms with E-state index >= 15 is 0 Å². The van der Waals surface area contributed by atoms with Crippen molar-refractivity contribution in [2.75, 3.05) is 26.2 Å². The molecule has 0 aliphatic carbocycles. The number of nitrogens with zero attached hydrogens (tertiary/aromatic N) is 2. The van der Waals surface area contributed by atoms with Gasteiger partial charge >= 0.3 is 0 Å². The predicted octanol–water partition coefficient (Wildman–Crippen LogP) is 0.997. The lowest BCUT2D eigenvalue weighted by atomic mass is 10.3. The van der Waals surface area contributed by atoms with Gasteiger partial charge < -0.3 is 5.73 Å². The molecule has 0 bridgehead atoms. The summed E-state index contributed by atoms with van der Waals surface area (Å²) in [4.78, 5) is 11.7. The van der Waals surface area contributed by atoms with Crippen molar-refractivity contribution < 1.29 is 4.79 Å². The third-order valence-corrected chi connectivity index (χ3v) is 2.11. The number of hydrogen-bond donors (Lipinski definition) is 1. The van der Waals surface area contributed by atoms with Gasteiger partial charge in [0.1, 0.15) is 0 Å². The molecule has 2 N–H and O–H groups in total. The van der Waals surface area contributed by atoms with E-state index in [-0.39, 0.29) is 5.91 Å². The third kappa shape index (κ3) is 4.95. The molecule has 0 aromatic carbocycles. The van der Waals surface area contributed by atoms with Crippen LogP contribution in [0.4, 0.5) is 0 Å². The molecule has 1 amide bonds. The van der Waals surface area contributed by atoms with Crippen LogP contribution in [0.5, 0.6) is 0 Å². The summed E-state index contributed by atoms with van der Waals surface area (Å²) in [5.41, 5.74) is 5.38. The molecule has 0 aliphatic heterocycles. The topological polar surface area (TPSA) is 49.6 Å². The van der Waals surface area contributed by atoms with Crippen LogP contribution in [0.25, 0.3) is 0 Å². The summed E-state index contributed by atoms with van der Waals surface area (Å²) < 4.78 is 0. The van der Waals surface area contributed by atoms with E-state index < -0.39 is 0 Å². The van der Waals surface area contributed by atoms with Crippen LogP contribution >= 0.6 is 0 Å². The SMILES string of the molecule is C=CCN(CCC)N(CC)C(=O)CCN. The fourth-order valence-electron chi connectivity index (χ4n) is 1.50. The summed E-state index contributed by atoms with van der Waals surface area (Å²) in [6.07, 6.45) is 3.24. The summed E-state index contributed by atoms with van der Waals surface area (Å²) in [5.74, 6) is 0.0929. The first-order valence-electron chi connectivity index (χ1n) is 5.57. The molecule has 0 saturated carbocycles. The minimum absolute atomic E-state index is 0.0929. The molecule has 0 aliphatic rings. The Bertz CT molecular complexity index is 194. The van der Waals surface area contributed by atoms with Crippen molar-refractivity contribution in [2.45, 2.75) is 26.7 Å². The molecule has 0 atom stereocenters. The van der Waals surface area contributed by atoms with Gasteiger partial charge in [-0.2, -0.15) is 0 Å². The Labute approximate surface area is 92.7 Å². The molecule has 0 rings (SSSR count). The Morgan fingerprint density at radius 3 is 2.53 bits per heavy atom. The van der Waals surface area contributed by atoms with Crippen molar-refractivity contribution >= 4 is 5.91 Å². The van der Waals surface area contributed by atoms with Gasteiger partial charge in [0.25, 0.3) is 0 Å². The van der Waals surface area contributed by atoms with Crippen LogP contribution in [-0.4, -0.2) is 42.1 Å². The summed E-state index contributed by atoms with van der Waals surface area (Å²) in [6.45, 7) is 10.4. The smallest absolute Gasteiger partial charge is 0.238 e. The average molecular weight is 213 g/mol. The second-order valence-electron chi connectivity index (χ2n) is 3.35. The lowest BCUT2D eigenvalue weighted by Crippen LogP contribution is -2.47. The van der Waals surface area contributed by atoms with Gasteiger partial charge in [-0.3, -0.25) is 9.80 Å². The first-order valence-corrected chi connectivity index (χ1v) is 5.57. The van der Waals surface area contributed by atoms with Crippen molar-refractivity contribution in [3.63, 3.8) is 0 Å². The number of carbonyl (C=O) groups is 1. The maximum absolute atomic E-state index is 11.7. The zero-order chi connectivity index (χ0) is 11.7. The van der Waals surface area contributed by atoms with Crippen LogP contribution < -0.4 is 5.73 Å². The Kier molecular flexibility index (Phi) is 7.95. The van der Waals surface area contributed by atoms with Gasteiger partial charge in [-0.1, -0.05) is 13.0 Å². The van der Waals surface area contributed by atoms with E-state index in [0.29, 0.717) is 26.1 Å². The van der Waals surface area contributed by atoms with Gasteiger partial charge in [0.2, 0.25) is 5.91 Å². The highest BCUT2D eigenvalue weighted by molar-refractivity contribution is 5.75. The minimum Gasteiger partial charge on any atom is -0.330 e. The molecule has 0 aromatic heterocycles. The van der Waals surface area contributed by atoms with Crippen molar-refractivity contribution in [3.05, 3.63) is 12.7 Å². The van der Waals surface area contributed by atoms with Crippen LogP contribution in [0.1, 0.15) is 26.7 Å². The molecule has 0 spiro atoms. The molecule has 0 aromatic rings. The van der Waals surface area contributed by atoms with Crippen LogP contribution in [-0.2, 0) is 4.79 Å². The number of amides is 1. The maximum atomic E-state index is 11.7. The normalized spacial score (nSPS) is 10.4. The van der Waals surface area contributed by atoms with Crippen molar-refractivity contribution in [2.24, 2.45) is 5.73 Å². The van der Waals surface area contributed by atoms with Crippen LogP contribution in [0, 0.1) is 0 Å². The van der Waals surface area contributed by atoms with Gasteiger partial charge in [-0.05, 0) is 13.3 Å². The quantitative estimate of drug-likeness (QED) is 0.483. The molecule has 0 unspecified atom stereocenters. The fraction of sp³-hybridized carbons (Fsp3) is 0.727. The van der Waals surface area contributed by atoms with Crippen LogP contribution in [0.15, 0.2) is 12.7 Å². The predicted molar refractivity (Wildman–Crippen MR) is 63.1 cm³/mol. The number of hydrazine groups is 1. The number of carbonyl (C=O) groups excluding carboxylic acids is 1. The lowest BCUT2D eigenvalue weighted by molar-refractivity contribution is -0.147. The molecular weight excluding hydrogens is 190 g/mol. The average Bonchev–Trinajstić information content (AvgIpc) is 2.20. The number of rotatable bonds is 8. The van der Waals surface area contributed by atoms with E-state index in [1.54, 1.807) is 5.01 Å². The molecule has 0 heterocycles. The second kappa shape index (κ2) is 8.44. The van der Waals surface area contributed by atoms with Crippen LogP contribution in [0.3, 0.4) is 0 Å². The van der Waals surface area contributed by atoms with Crippen molar-refractivity contribution in [1.82, 2.24) is 10.0 Å². The molecule has 0 fully saturated rings. The lowest BCUT2D eigenvalue weighted by Gasteiger charge is -2.33. The number of nitrogens with two attached hydrogens (primary N) is 1. The highest BCUT2D eigenvalue weighted by Crippen LogP contribution is 2.02. The molecule has 4 heteroatoms. The summed E-state index contributed by atoms with van der Waals surface area (Å²) in [6, 6.07) is 0. The minimum atomic E-state index is 0.0929. The molecular formula is C11H23N3O. The van der Waals surface area contributed by atoms with Crippen molar-refractivity contribution in [1.29, 1.82) is 0 Å². The molecule has 4 nitrogen and oxygen atoms in total. The third-order valence-electron chi connectivity index (χ3n) is 2.11. The first kappa shape index (κ1) is 14.1.